The highest BCUT2D eigenvalue weighted by Crippen LogP contribution is 2.22. The molecule has 0 fully saturated rings. The number of carboxylic acids is 1. The molecule has 0 aliphatic rings. The lowest BCUT2D eigenvalue weighted by Gasteiger charge is -2.25. The van der Waals surface area contributed by atoms with Crippen LogP contribution in [0.15, 0.2) is 48.5 Å². The van der Waals surface area contributed by atoms with Crippen molar-refractivity contribution < 1.29 is 19.4 Å². The number of amides is 1. The Morgan fingerprint density at radius 2 is 1.80 bits per heavy atom. The zero-order valence-electron chi connectivity index (χ0n) is 18.4. The first-order valence-corrected chi connectivity index (χ1v) is 10.2. The largest absolute Gasteiger partial charge is 0.480 e. The number of benzene rings is 2. The molecule has 162 valence electrons. The van der Waals surface area contributed by atoms with Crippen LogP contribution in [-0.4, -0.2) is 35.4 Å². The molecule has 6 heteroatoms. The van der Waals surface area contributed by atoms with Gasteiger partial charge in [0.15, 0.2) is 0 Å². The summed E-state index contributed by atoms with van der Waals surface area (Å²) in [4.78, 5) is 25.9. The van der Waals surface area contributed by atoms with Gasteiger partial charge in [-0.25, -0.2) is 9.59 Å². The molecule has 1 amide bonds. The summed E-state index contributed by atoms with van der Waals surface area (Å²) in [6, 6.07) is 15.2. The van der Waals surface area contributed by atoms with Crippen LogP contribution in [0, 0.1) is 6.92 Å². The van der Waals surface area contributed by atoms with Gasteiger partial charge in [-0.15, -0.1) is 0 Å². The van der Waals surface area contributed by atoms with Gasteiger partial charge in [-0.2, -0.15) is 0 Å². The van der Waals surface area contributed by atoms with E-state index in [4.69, 9.17) is 4.74 Å². The normalized spacial score (nSPS) is 12.2. The van der Waals surface area contributed by atoms with E-state index in [0.717, 1.165) is 29.9 Å². The fourth-order valence-electron chi connectivity index (χ4n) is 3.17. The van der Waals surface area contributed by atoms with Crippen molar-refractivity contribution >= 4 is 17.7 Å². The van der Waals surface area contributed by atoms with Crippen molar-refractivity contribution in [3.8, 4) is 0 Å². The molecule has 1 unspecified atom stereocenters. The number of alkyl carbamates (subject to hydrolysis) is 1. The van der Waals surface area contributed by atoms with Crippen molar-refractivity contribution in [1.29, 1.82) is 0 Å². The van der Waals surface area contributed by atoms with Crippen LogP contribution in [0.5, 0.6) is 0 Å². The lowest BCUT2D eigenvalue weighted by Crippen LogP contribution is -2.44. The number of aryl methyl sites for hydroxylation is 1. The average molecular weight is 413 g/mol. The summed E-state index contributed by atoms with van der Waals surface area (Å²) in [6.07, 6.45) is -0.546. The minimum Gasteiger partial charge on any atom is -0.480 e. The lowest BCUT2D eigenvalue weighted by molar-refractivity contribution is -0.139. The van der Waals surface area contributed by atoms with Crippen molar-refractivity contribution in [2.24, 2.45) is 0 Å². The first-order valence-electron chi connectivity index (χ1n) is 10.2. The van der Waals surface area contributed by atoms with Crippen LogP contribution in [0.4, 0.5) is 10.5 Å². The monoisotopic (exact) mass is 412 g/mol. The Balaban J connectivity index is 2.12. The maximum absolute atomic E-state index is 12.0. The Labute approximate surface area is 178 Å². The molecule has 0 spiro atoms. The first-order chi connectivity index (χ1) is 14.1. The Morgan fingerprint density at radius 1 is 1.13 bits per heavy atom. The quantitative estimate of drug-likeness (QED) is 0.665. The Bertz CT molecular complexity index is 859. The molecule has 0 aliphatic carbocycles. The molecular formula is C24H32N2O4. The molecule has 0 aliphatic heterocycles. The number of hydrogen-bond donors (Lipinski definition) is 2. The minimum absolute atomic E-state index is 0.186. The summed E-state index contributed by atoms with van der Waals surface area (Å²) in [7, 11) is 0. The van der Waals surface area contributed by atoms with Gasteiger partial charge in [0.1, 0.15) is 11.6 Å². The zero-order valence-corrected chi connectivity index (χ0v) is 18.4. The molecule has 0 saturated carbocycles. The molecule has 2 rings (SSSR count). The number of carboxylic acid groups (broad SMARTS) is 1. The van der Waals surface area contributed by atoms with Crippen molar-refractivity contribution in [2.45, 2.75) is 59.2 Å². The second kappa shape index (κ2) is 10.1. The molecule has 0 heterocycles. The number of carbonyl (C=O) groups excluding carboxylic acids is 1. The number of anilines is 1. The first kappa shape index (κ1) is 23.3. The molecular weight excluding hydrogens is 380 g/mol. The third kappa shape index (κ3) is 7.10. The Hall–Kier alpha value is -3.02. The smallest absolute Gasteiger partial charge is 0.408 e. The van der Waals surface area contributed by atoms with Gasteiger partial charge in [-0.1, -0.05) is 36.4 Å². The fourth-order valence-corrected chi connectivity index (χ4v) is 3.17. The number of hydrogen-bond acceptors (Lipinski definition) is 4. The lowest BCUT2D eigenvalue weighted by atomic mass is 10.00. The van der Waals surface area contributed by atoms with Gasteiger partial charge >= 0.3 is 12.1 Å². The van der Waals surface area contributed by atoms with Crippen LogP contribution in [0.3, 0.4) is 0 Å². The summed E-state index contributed by atoms with van der Waals surface area (Å²) in [5.74, 6) is -1.09. The molecule has 0 aromatic heterocycles. The Kier molecular flexibility index (Phi) is 7.86. The average Bonchev–Trinajstić information content (AvgIpc) is 2.66. The third-order valence-corrected chi connectivity index (χ3v) is 4.70. The highest BCUT2D eigenvalue weighted by atomic mass is 16.6. The van der Waals surface area contributed by atoms with E-state index >= 15 is 0 Å². The van der Waals surface area contributed by atoms with Gasteiger partial charge in [0.25, 0.3) is 0 Å². The fraction of sp³-hybridized carbons (Fsp3) is 0.417. The van der Waals surface area contributed by atoms with E-state index in [1.54, 1.807) is 20.8 Å². The van der Waals surface area contributed by atoms with Gasteiger partial charge in [0.05, 0.1) is 0 Å². The maximum Gasteiger partial charge on any atom is 0.408 e. The standard InChI is InChI=1S/C24H32N2O4/c1-6-26(16-18-10-8-7-9-11-18)20-13-12-19(17(2)14-20)15-21(22(27)28)25-23(29)30-24(3,4)5/h7-14,21H,6,15-16H2,1-5H3,(H,25,29)(H,27,28). The second-order valence-corrected chi connectivity index (χ2v) is 8.35. The highest BCUT2D eigenvalue weighted by molar-refractivity contribution is 5.80. The van der Waals surface area contributed by atoms with Crippen molar-refractivity contribution in [1.82, 2.24) is 5.32 Å². The SMILES string of the molecule is CCN(Cc1ccccc1)c1ccc(CC(NC(=O)OC(C)(C)C)C(=O)O)c(C)c1. The number of aliphatic carboxylic acids is 1. The van der Waals surface area contributed by atoms with Crippen molar-refractivity contribution in [3.63, 3.8) is 0 Å². The molecule has 6 nitrogen and oxygen atoms in total. The molecule has 0 bridgehead atoms. The number of nitrogens with one attached hydrogen (secondary N) is 1. The molecule has 30 heavy (non-hydrogen) atoms. The maximum atomic E-state index is 12.0. The topological polar surface area (TPSA) is 78.9 Å². The molecule has 0 saturated heterocycles. The van der Waals surface area contributed by atoms with Crippen molar-refractivity contribution in [2.75, 3.05) is 11.4 Å². The molecule has 2 N–H and O–H groups in total. The van der Waals surface area contributed by atoms with Gasteiger partial charge in [-0.05, 0) is 63.4 Å². The van der Waals surface area contributed by atoms with Gasteiger partial charge < -0.3 is 20.1 Å². The number of rotatable bonds is 8. The van der Waals surface area contributed by atoms with Crippen LogP contribution >= 0.6 is 0 Å². The highest BCUT2D eigenvalue weighted by Gasteiger charge is 2.24. The van der Waals surface area contributed by atoms with Crippen LogP contribution in [0.1, 0.15) is 44.4 Å². The van der Waals surface area contributed by atoms with E-state index in [-0.39, 0.29) is 6.42 Å². The second-order valence-electron chi connectivity index (χ2n) is 8.35. The third-order valence-electron chi connectivity index (χ3n) is 4.70. The van der Waals surface area contributed by atoms with E-state index in [1.807, 2.05) is 37.3 Å². The van der Waals surface area contributed by atoms with Gasteiger partial charge in [0, 0.05) is 25.2 Å². The molecule has 2 aromatic rings. The van der Waals surface area contributed by atoms with Crippen molar-refractivity contribution in [3.05, 3.63) is 65.2 Å². The summed E-state index contributed by atoms with van der Waals surface area (Å²) < 4.78 is 5.19. The minimum atomic E-state index is -1.09. The zero-order chi connectivity index (χ0) is 22.3. The number of carbonyl (C=O) groups is 2. The summed E-state index contributed by atoms with van der Waals surface area (Å²) >= 11 is 0. The van der Waals surface area contributed by atoms with E-state index < -0.39 is 23.7 Å². The summed E-state index contributed by atoms with van der Waals surface area (Å²) in [5, 5.41) is 12.0. The van der Waals surface area contributed by atoms with E-state index in [2.05, 4.69) is 35.3 Å². The van der Waals surface area contributed by atoms with Gasteiger partial charge in [-0.3, -0.25) is 0 Å². The van der Waals surface area contributed by atoms with Crippen LogP contribution < -0.4 is 10.2 Å². The predicted molar refractivity (Wildman–Crippen MR) is 119 cm³/mol. The number of ether oxygens (including phenoxy) is 1. The Morgan fingerprint density at radius 3 is 2.33 bits per heavy atom. The molecule has 1 atom stereocenters. The summed E-state index contributed by atoms with van der Waals surface area (Å²) in [6.45, 7) is 10.9. The summed E-state index contributed by atoms with van der Waals surface area (Å²) in [5.41, 5.74) is 3.48. The molecule has 2 aromatic carbocycles. The van der Waals surface area contributed by atoms with E-state index in [1.165, 1.54) is 5.56 Å². The van der Waals surface area contributed by atoms with E-state index in [0.29, 0.717) is 0 Å². The van der Waals surface area contributed by atoms with Crippen LogP contribution in [0.25, 0.3) is 0 Å². The predicted octanol–water partition coefficient (Wildman–Crippen LogP) is 4.54. The van der Waals surface area contributed by atoms with E-state index in [9.17, 15) is 14.7 Å². The van der Waals surface area contributed by atoms with Crippen LogP contribution in [-0.2, 0) is 22.5 Å². The number of nitrogens with zero attached hydrogens (tertiary/aromatic N) is 1. The van der Waals surface area contributed by atoms with Gasteiger partial charge in [0.2, 0.25) is 0 Å². The van der Waals surface area contributed by atoms with Crippen LogP contribution in [0.2, 0.25) is 0 Å². The molecule has 0 radical (unpaired) electrons.